The molecule has 0 saturated carbocycles. The predicted octanol–water partition coefficient (Wildman–Crippen LogP) is 2.36. The molecule has 1 aromatic carbocycles. The van der Waals surface area contributed by atoms with Crippen molar-refractivity contribution < 1.29 is 8.91 Å². The smallest absolute Gasteiger partial charge is 0.258 e. The van der Waals surface area contributed by atoms with Gasteiger partial charge < -0.3 is 15.2 Å². The molecule has 0 bridgehead atoms. The average molecular weight is 290 g/mol. The van der Waals surface area contributed by atoms with E-state index >= 15 is 0 Å². The number of aromatic nitrogens is 2. The molecule has 2 heterocycles. The van der Waals surface area contributed by atoms with Gasteiger partial charge in [0.2, 0.25) is 0 Å². The van der Waals surface area contributed by atoms with Crippen LogP contribution in [0.2, 0.25) is 0 Å². The summed E-state index contributed by atoms with van der Waals surface area (Å²) in [6.07, 6.45) is 3.72. The van der Waals surface area contributed by atoms with Crippen LogP contribution in [0.15, 0.2) is 28.8 Å². The second-order valence-corrected chi connectivity index (χ2v) is 5.44. The van der Waals surface area contributed by atoms with Gasteiger partial charge in [0.15, 0.2) is 5.82 Å². The van der Waals surface area contributed by atoms with Gasteiger partial charge in [-0.25, -0.2) is 4.39 Å². The summed E-state index contributed by atoms with van der Waals surface area (Å²) >= 11 is 0. The number of hydrogen-bond donors (Lipinski definition) is 1. The van der Waals surface area contributed by atoms with Crippen molar-refractivity contribution in [3.05, 3.63) is 35.9 Å². The van der Waals surface area contributed by atoms with Crippen molar-refractivity contribution in [2.75, 3.05) is 19.6 Å². The minimum absolute atomic E-state index is 0.283. The molecule has 0 amide bonds. The molecule has 3 rings (SSSR count). The Bertz CT molecular complexity index is 595. The first kappa shape index (κ1) is 14.2. The molecule has 1 saturated heterocycles. The third-order valence-corrected chi connectivity index (χ3v) is 3.75. The van der Waals surface area contributed by atoms with E-state index in [0.717, 1.165) is 19.6 Å². The van der Waals surface area contributed by atoms with Crippen LogP contribution in [0.5, 0.6) is 0 Å². The minimum Gasteiger partial charge on any atom is -0.334 e. The van der Waals surface area contributed by atoms with Crippen molar-refractivity contribution in [3.8, 4) is 11.5 Å². The molecule has 1 aromatic heterocycles. The number of nitrogens with zero attached hydrogens (tertiary/aromatic N) is 3. The van der Waals surface area contributed by atoms with Crippen molar-refractivity contribution in [1.29, 1.82) is 0 Å². The molecule has 6 heteroatoms. The molecule has 5 nitrogen and oxygen atoms in total. The number of halogens is 1. The van der Waals surface area contributed by atoms with E-state index in [1.54, 1.807) is 12.1 Å². The van der Waals surface area contributed by atoms with Crippen molar-refractivity contribution >= 4 is 0 Å². The van der Waals surface area contributed by atoms with Crippen molar-refractivity contribution in [3.63, 3.8) is 0 Å². The molecule has 2 aromatic rings. The largest absolute Gasteiger partial charge is 0.334 e. The summed E-state index contributed by atoms with van der Waals surface area (Å²) < 4.78 is 18.4. The molecule has 1 atom stereocenters. The Morgan fingerprint density at radius 3 is 2.86 bits per heavy atom. The van der Waals surface area contributed by atoms with Gasteiger partial charge in [0.25, 0.3) is 5.89 Å². The van der Waals surface area contributed by atoms with Crippen molar-refractivity contribution in [2.45, 2.75) is 25.3 Å². The topological polar surface area (TPSA) is 68.2 Å². The predicted molar refractivity (Wildman–Crippen MR) is 76.9 cm³/mol. The summed E-state index contributed by atoms with van der Waals surface area (Å²) in [5, 5.41) is 3.93. The van der Waals surface area contributed by atoms with Crippen LogP contribution in [0.4, 0.5) is 4.39 Å². The zero-order valence-electron chi connectivity index (χ0n) is 11.8. The van der Waals surface area contributed by atoms with E-state index in [1.807, 2.05) is 0 Å². The lowest BCUT2D eigenvalue weighted by Crippen LogP contribution is -2.36. The first-order valence-corrected chi connectivity index (χ1v) is 7.30. The second kappa shape index (κ2) is 6.32. The van der Waals surface area contributed by atoms with Crippen LogP contribution >= 0.6 is 0 Å². The Labute approximate surface area is 122 Å². The lowest BCUT2D eigenvalue weighted by Gasteiger charge is -2.27. The van der Waals surface area contributed by atoms with Gasteiger partial charge >= 0.3 is 0 Å². The van der Waals surface area contributed by atoms with Gasteiger partial charge in [-0.3, -0.25) is 0 Å². The molecule has 0 aliphatic carbocycles. The van der Waals surface area contributed by atoms with E-state index in [9.17, 15) is 4.39 Å². The van der Waals surface area contributed by atoms with Crippen LogP contribution < -0.4 is 5.73 Å². The third-order valence-electron chi connectivity index (χ3n) is 3.75. The quantitative estimate of drug-likeness (QED) is 0.936. The van der Waals surface area contributed by atoms with Gasteiger partial charge in [0, 0.05) is 12.1 Å². The van der Waals surface area contributed by atoms with E-state index in [4.69, 9.17) is 10.3 Å². The summed E-state index contributed by atoms with van der Waals surface area (Å²) in [6, 6.07) is 5.81. The second-order valence-electron chi connectivity index (χ2n) is 5.44. The van der Waals surface area contributed by atoms with Gasteiger partial charge in [-0.05, 0) is 44.1 Å². The number of likely N-dealkylation sites (tertiary alicyclic amines) is 1. The zero-order valence-corrected chi connectivity index (χ0v) is 11.8. The summed E-state index contributed by atoms with van der Waals surface area (Å²) in [6.45, 7) is 2.87. The standard InChI is InChI=1S/C15H19FN4O/c16-12-6-4-5-11(9-12)15-18-14(19-21-15)13(17)10-20-7-2-1-3-8-20/h4-6,9,13H,1-3,7-8,10,17H2. The van der Waals surface area contributed by atoms with E-state index < -0.39 is 0 Å². The Morgan fingerprint density at radius 2 is 2.10 bits per heavy atom. The maximum Gasteiger partial charge on any atom is 0.258 e. The number of rotatable bonds is 4. The molecule has 1 aliphatic heterocycles. The lowest BCUT2D eigenvalue weighted by molar-refractivity contribution is 0.213. The summed E-state index contributed by atoms with van der Waals surface area (Å²) in [4.78, 5) is 6.62. The van der Waals surface area contributed by atoms with Gasteiger partial charge in [-0.1, -0.05) is 17.6 Å². The van der Waals surface area contributed by atoms with Crippen LogP contribution in [0, 0.1) is 5.82 Å². The van der Waals surface area contributed by atoms with Crippen LogP contribution in [0.25, 0.3) is 11.5 Å². The molecule has 2 N–H and O–H groups in total. The fraction of sp³-hybridized carbons (Fsp3) is 0.467. The van der Waals surface area contributed by atoms with E-state index in [1.165, 1.54) is 31.4 Å². The molecule has 1 aliphatic rings. The van der Waals surface area contributed by atoms with E-state index in [0.29, 0.717) is 17.3 Å². The molecule has 112 valence electrons. The number of hydrogen-bond acceptors (Lipinski definition) is 5. The van der Waals surface area contributed by atoms with Crippen LogP contribution in [0.1, 0.15) is 31.1 Å². The molecular weight excluding hydrogens is 271 g/mol. The average Bonchev–Trinajstić information content (AvgIpc) is 2.98. The van der Waals surface area contributed by atoms with E-state index in [2.05, 4.69) is 15.0 Å². The van der Waals surface area contributed by atoms with Crippen molar-refractivity contribution in [1.82, 2.24) is 15.0 Å². The normalized spacial score (nSPS) is 17.8. The molecule has 0 spiro atoms. The van der Waals surface area contributed by atoms with Crippen molar-refractivity contribution in [2.24, 2.45) is 5.73 Å². The fourth-order valence-corrected chi connectivity index (χ4v) is 2.63. The maximum atomic E-state index is 13.2. The SMILES string of the molecule is NC(CN1CCCCC1)c1noc(-c2cccc(F)c2)n1. The molecule has 1 fully saturated rings. The number of benzene rings is 1. The zero-order chi connectivity index (χ0) is 14.7. The lowest BCUT2D eigenvalue weighted by atomic mass is 10.1. The highest BCUT2D eigenvalue weighted by molar-refractivity contribution is 5.52. The summed E-state index contributed by atoms with van der Waals surface area (Å²) in [7, 11) is 0. The number of nitrogens with two attached hydrogens (primary N) is 1. The van der Waals surface area contributed by atoms with Crippen LogP contribution in [0.3, 0.4) is 0 Å². The minimum atomic E-state index is -0.329. The highest BCUT2D eigenvalue weighted by Gasteiger charge is 2.19. The Hall–Kier alpha value is -1.79. The van der Waals surface area contributed by atoms with Gasteiger partial charge in [0.05, 0.1) is 6.04 Å². The molecule has 0 radical (unpaired) electrons. The molecule has 1 unspecified atom stereocenters. The van der Waals surface area contributed by atoms with Crippen LogP contribution in [-0.2, 0) is 0 Å². The molecular formula is C15H19FN4O. The van der Waals surface area contributed by atoms with Crippen LogP contribution in [-0.4, -0.2) is 34.7 Å². The van der Waals surface area contributed by atoms with Gasteiger partial charge in [0.1, 0.15) is 5.82 Å². The summed E-state index contributed by atoms with van der Waals surface area (Å²) in [5.41, 5.74) is 6.71. The third kappa shape index (κ3) is 3.46. The highest BCUT2D eigenvalue weighted by atomic mass is 19.1. The molecule has 21 heavy (non-hydrogen) atoms. The first-order chi connectivity index (χ1) is 10.2. The Balaban J connectivity index is 1.69. The summed E-state index contributed by atoms with van der Waals surface area (Å²) in [5.74, 6) is 0.447. The maximum absolute atomic E-state index is 13.2. The van der Waals surface area contributed by atoms with Gasteiger partial charge in [-0.15, -0.1) is 0 Å². The van der Waals surface area contributed by atoms with E-state index in [-0.39, 0.29) is 11.9 Å². The number of piperidine rings is 1. The Morgan fingerprint density at radius 1 is 1.29 bits per heavy atom. The Kier molecular flexibility index (Phi) is 4.26. The highest BCUT2D eigenvalue weighted by Crippen LogP contribution is 2.20. The monoisotopic (exact) mass is 290 g/mol. The first-order valence-electron chi connectivity index (χ1n) is 7.30. The van der Waals surface area contributed by atoms with Gasteiger partial charge in [-0.2, -0.15) is 4.98 Å². The fourth-order valence-electron chi connectivity index (χ4n) is 2.63.